The first-order valence-electron chi connectivity index (χ1n) is 26.3. The number of fused-ring (bicyclic) bond motifs is 1. The maximum absolute atomic E-state index is 15.2. The molecule has 30 heteroatoms. The summed E-state index contributed by atoms with van der Waals surface area (Å²) in [6.07, 6.45) is 0.748. The lowest BCUT2D eigenvalue weighted by molar-refractivity contribution is -0.146. The van der Waals surface area contributed by atoms with Crippen LogP contribution in [-0.2, 0) is 60.6 Å². The van der Waals surface area contributed by atoms with Crippen LogP contribution in [0.4, 0.5) is 0 Å². The van der Waals surface area contributed by atoms with Crippen LogP contribution in [-0.4, -0.2) is 186 Å². The highest BCUT2D eigenvalue weighted by atomic mass is 32.2. The number of amides is 6. The fraction of sp³-hybridized carbons (Fsp3) is 0.510. The Bertz CT molecular complexity index is 2800. The average Bonchev–Trinajstić information content (AvgIpc) is 3.94. The number of likely N-dealkylation sites (tertiary alicyclic amines) is 1. The van der Waals surface area contributed by atoms with Crippen molar-refractivity contribution >= 4 is 80.1 Å². The van der Waals surface area contributed by atoms with Crippen molar-refractivity contribution in [2.75, 3.05) is 45.9 Å². The van der Waals surface area contributed by atoms with Crippen molar-refractivity contribution in [2.24, 2.45) is 44.4 Å². The molecule has 0 spiro atoms. The smallest absolute Gasteiger partial charge is 0.326 e. The highest BCUT2D eigenvalue weighted by Gasteiger charge is 2.40. The van der Waals surface area contributed by atoms with Crippen molar-refractivity contribution in [2.45, 2.75) is 119 Å². The minimum Gasteiger partial charge on any atom is -0.481 e. The van der Waals surface area contributed by atoms with E-state index in [0.717, 1.165) is 4.90 Å². The number of pyridine rings is 1. The van der Waals surface area contributed by atoms with Crippen molar-refractivity contribution in [1.29, 1.82) is 0 Å². The number of hydrogen-bond donors (Lipinski definition) is 14. The molecule has 4 rings (SSSR count). The van der Waals surface area contributed by atoms with Gasteiger partial charge in [0.1, 0.15) is 42.0 Å². The molecule has 2 aromatic carbocycles. The van der Waals surface area contributed by atoms with Gasteiger partial charge in [-0.05, 0) is 81.3 Å². The number of rotatable bonds is 35. The lowest BCUT2D eigenvalue weighted by atomic mass is 10.0. The number of guanidine groups is 2. The molecule has 444 valence electrons. The molecule has 7 atom stereocenters. The highest BCUT2D eigenvalue weighted by Crippen LogP contribution is 2.22. The number of sulfonamides is 1. The van der Waals surface area contributed by atoms with Crippen LogP contribution in [0.1, 0.15) is 75.5 Å². The third kappa shape index (κ3) is 21.5. The lowest BCUT2D eigenvalue weighted by Gasteiger charge is -2.35. The number of aliphatic carboxylic acids is 2. The zero-order chi connectivity index (χ0) is 59.6. The van der Waals surface area contributed by atoms with Gasteiger partial charge in [0, 0.05) is 57.1 Å². The second-order valence-electron chi connectivity index (χ2n) is 19.2. The van der Waals surface area contributed by atoms with E-state index in [1.54, 1.807) is 60.7 Å². The zero-order valence-electron chi connectivity index (χ0n) is 44.9. The minimum atomic E-state index is -4.29. The van der Waals surface area contributed by atoms with Gasteiger partial charge in [0.05, 0.1) is 18.3 Å². The van der Waals surface area contributed by atoms with Crippen LogP contribution in [0.25, 0.3) is 10.8 Å². The van der Waals surface area contributed by atoms with E-state index < -0.39 is 138 Å². The van der Waals surface area contributed by atoms with Gasteiger partial charge in [-0.1, -0.05) is 54.6 Å². The third-order valence-electron chi connectivity index (χ3n) is 13.1. The molecule has 0 aliphatic carbocycles. The molecule has 2 heterocycles. The summed E-state index contributed by atoms with van der Waals surface area (Å²) in [5, 5.41) is 41.5. The van der Waals surface area contributed by atoms with Crippen LogP contribution in [0.3, 0.4) is 0 Å². The summed E-state index contributed by atoms with van der Waals surface area (Å²) in [6.45, 7) is -2.05. The molecule has 1 aliphatic heterocycles. The van der Waals surface area contributed by atoms with Gasteiger partial charge >= 0.3 is 11.9 Å². The summed E-state index contributed by atoms with van der Waals surface area (Å²) < 4.78 is 29.8. The minimum absolute atomic E-state index is 0.00226. The number of carbonyl (C=O) groups excluding carboxylic acids is 6. The molecular weight excluding hydrogens is 1080 g/mol. The Kier molecular flexibility index (Phi) is 26.6. The van der Waals surface area contributed by atoms with Crippen LogP contribution < -0.4 is 60.4 Å². The average molecular weight is 1150 g/mol. The summed E-state index contributed by atoms with van der Waals surface area (Å²) in [7, 11) is -4.29. The molecule has 0 unspecified atom stereocenters. The summed E-state index contributed by atoms with van der Waals surface area (Å²) >= 11 is 0. The van der Waals surface area contributed by atoms with E-state index >= 15 is 4.79 Å². The number of aliphatic hydroxyl groups is 1. The van der Waals surface area contributed by atoms with E-state index in [2.05, 4.69) is 41.0 Å². The number of nitrogens with two attached hydrogens (primary N) is 6. The Morgan fingerprint density at radius 2 is 1.37 bits per heavy atom. The second-order valence-corrected chi connectivity index (χ2v) is 21.0. The molecule has 0 bridgehead atoms. The number of nitrogens with zero attached hydrogens (tertiary/aromatic N) is 5. The van der Waals surface area contributed by atoms with E-state index in [1.165, 1.54) is 11.1 Å². The van der Waals surface area contributed by atoms with E-state index in [9.17, 15) is 57.3 Å². The normalized spacial score (nSPS) is 15.4. The van der Waals surface area contributed by atoms with Crippen LogP contribution in [0.2, 0.25) is 0 Å². The summed E-state index contributed by atoms with van der Waals surface area (Å²) in [5.41, 5.74) is 34.7. The number of benzene rings is 2. The molecule has 1 aromatic heterocycles. The highest BCUT2D eigenvalue weighted by molar-refractivity contribution is 7.88. The lowest BCUT2D eigenvalue weighted by Crippen LogP contribution is -2.61. The Labute approximate surface area is 468 Å². The molecule has 1 fully saturated rings. The first-order chi connectivity index (χ1) is 38.5. The second kappa shape index (κ2) is 32.9. The SMILES string of the molecule is NCCC[C@H](NC(=O)[C@H](CCCN=C(N)N)NC(=O)[C@@H]1CCCN1C(=O)[C@@H](N)CCCN=C(N)N)C(=O)N(CCNS(=O)(=O)Cc1nccc2ccccc12)[C@@H](CCC(=O)O)C(=O)N[C@@H](CO)C(=O)N[C@@H](Cc1ccccc1)C(=O)O. The van der Waals surface area contributed by atoms with Crippen LogP contribution in [0, 0.1) is 0 Å². The van der Waals surface area contributed by atoms with Gasteiger partial charge in [0.2, 0.25) is 45.5 Å². The first-order valence-corrected chi connectivity index (χ1v) is 28.0. The maximum atomic E-state index is 15.2. The van der Waals surface area contributed by atoms with Crippen molar-refractivity contribution in [3.63, 3.8) is 0 Å². The van der Waals surface area contributed by atoms with Gasteiger partial charge in [-0.15, -0.1) is 0 Å². The van der Waals surface area contributed by atoms with Crippen LogP contribution >= 0.6 is 0 Å². The number of aliphatic imine (C=N–C) groups is 2. The fourth-order valence-electron chi connectivity index (χ4n) is 8.99. The predicted octanol–water partition coefficient (Wildman–Crippen LogP) is -3.86. The molecule has 1 saturated heterocycles. The fourth-order valence-corrected chi connectivity index (χ4v) is 10.1. The van der Waals surface area contributed by atoms with Crippen molar-refractivity contribution in [1.82, 2.24) is 40.8 Å². The summed E-state index contributed by atoms with van der Waals surface area (Å²) in [6, 6.07) is 6.42. The number of carbonyl (C=O) groups is 8. The van der Waals surface area contributed by atoms with Crippen molar-refractivity contribution in [3.8, 4) is 0 Å². The number of aromatic nitrogens is 1. The van der Waals surface area contributed by atoms with Gasteiger partial charge in [-0.25, -0.2) is 17.9 Å². The predicted molar refractivity (Wildman–Crippen MR) is 298 cm³/mol. The molecule has 20 N–H and O–H groups in total. The molecular formula is C51H76N16O13S. The molecule has 6 amide bonds. The zero-order valence-corrected chi connectivity index (χ0v) is 45.7. The molecule has 1 aliphatic rings. The Balaban J connectivity index is 1.70. The molecule has 3 aromatic rings. The summed E-state index contributed by atoms with van der Waals surface area (Å²) in [5.74, 6) is -9.55. The molecule has 29 nitrogen and oxygen atoms in total. The Hall–Kier alpha value is -8.06. The van der Waals surface area contributed by atoms with E-state index in [1.807, 2.05) is 0 Å². The van der Waals surface area contributed by atoms with Gasteiger partial charge in [0.25, 0.3) is 0 Å². The first kappa shape index (κ1) is 65.5. The Morgan fingerprint density at radius 3 is 2.01 bits per heavy atom. The van der Waals surface area contributed by atoms with Gasteiger partial charge in [-0.2, -0.15) is 0 Å². The third-order valence-corrected chi connectivity index (χ3v) is 14.4. The molecule has 0 radical (unpaired) electrons. The van der Waals surface area contributed by atoms with E-state index in [0.29, 0.717) is 29.2 Å². The van der Waals surface area contributed by atoms with Gasteiger partial charge in [-0.3, -0.25) is 48.5 Å². The monoisotopic (exact) mass is 1150 g/mol. The van der Waals surface area contributed by atoms with Gasteiger partial charge in [0.15, 0.2) is 11.9 Å². The molecule has 0 saturated carbocycles. The van der Waals surface area contributed by atoms with Crippen LogP contribution in [0.5, 0.6) is 0 Å². The molecule has 81 heavy (non-hydrogen) atoms. The number of aliphatic hydroxyl groups excluding tert-OH is 1. The van der Waals surface area contributed by atoms with E-state index in [4.69, 9.17) is 34.4 Å². The number of nitrogens with one attached hydrogen (secondary N) is 5. The maximum Gasteiger partial charge on any atom is 0.326 e. The number of carboxylic acid groups (broad SMARTS) is 2. The van der Waals surface area contributed by atoms with Gasteiger partial charge < -0.3 is 80.8 Å². The number of carboxylic acids is 2. The van der Waals surface area contributed by atoms with Crippen LogP contribution in [0.15, 0.2) is 76.8 Å². The van der Waals surface area contributed by atoms with Crippen molar-refractivity contribution in [3.05, 3.63) is 78.1 Å². The largest absolute Gasteiger partial charge is 0.481 e. The summed E-state index contributed by atoms with van der Waals surface area (Å²) in [4.78, 5) is 124. The Morgan fingerprint density at radius 1 is 0.753 bits per heavy atom. The van der Waals surface area contributed by atoms with E-state index in [-0.39, 0.29) is 88.7 Å². The van der Waals surface area contributed by atoms with Crippen molar-refractivity contribution < 1.29 is 62.1 Å². The topological polar surface area (TPSA) is 492 Å². The standard InChI is InChI=1S/C51H76N16O13S/c52-21-6-15-36(63-43(71)35(16-8-23-60-51(56)57)62-45(73)40-17-9-26-66(40)47(75)34(53)14-7-22-59-50(54)55)48(76)67(27-25-61-81(79,80)30-39-33-13-5-4-12-32(33)20-24-58-39)41(18-19-42(69)70)46(74)65-38(29-68)44(72)64-37(49(77)78)28-31-10-2-1-3-11-31/h1-5,10-13,20,24,34-38,40-41,61,68H,6-9,14-19,21-23,25-30,52-53H2,(H,62,73)(H,63,71)(H,64,72)(H,65,74)(H,69,70)(H,77,78)(H4,54,55,59)(H4,56,57,60)/t34-,35-,36-,37-,38-,40-,41-/m0/s1. The quantitative estimate of drug-likeness (QED) is 0.0152. The number of hydrogen-bond acceptors (Lipinski definition) is 16.